The Morgan fingerprint density at radius 1 is 1.14 bits per heavy atom. The first-order chi connectivity index (χ1) is 14.1. The van der Waals surface area contributed by atoms with Gasteiger partial charge in [0.1, 0.15) is 17.6 Å². The number of benzene rings is 2. The van der Waals surface area contributed by atoms with Crippen molar-refractivity contribution in [1.82, 2.24) is 5.32 Å². The topological polar surface area (TPSA) is 50.8 Å². The molecule has 2 atom stereocenters. The van der Waals surface area contributed by atoms with E-state index in [1.54, 1.807) is 0 Å². The highest BCUT2D eigenvalue weighted by atomic mass is 16.5. The standard InChI is InChI=1S/C24H30N2O3/c1-17(25-18(2)27)20-8-10-22(11-9-20)29-24-12-13-26(15-24)21-4-3-5-23(14-21)28-16-19-6-7-19/h3-5,8-11,14,17,19,24H,6-7,12-13,15-16H2,1-2H3,(H,25,27). The summed E-state index contributed by atoms with van der Waals surface area (Å²) in [5, 5.41) is 2.90. The van der Waals surface area contributed by atoms with Crippen LogP contribution in [-0.4, -0.2) is 31.7 Å². The first-order valence-corrected chi connectivity index (χ1v) is 10.6. The van der Waals surface area contributed by atoms with Gasteiger partial charge in [-0.2, -0.15) is 0 Å². The van der Waals surface area contributed by atoms with Crippen LogP contribution in [0.25, 0.3) is 0 Å². The molecule has 1 aliphatic carbocycles. The summed E-state index contributed by atoms with van der Waals surface area (Å²) in [5.74, 6) is 2.57. The third-order valence-corrected chi connectivity index (χ3v) is 5.61. The monoisotopic (exact) mass is 394 g/mol. The van der Waals surface area contributed by atoms with Crippen LogP contribution in [0.5, 0.6) is 11.5 Å². The van der Waals surface area contributed by atoms with Crippen molar-refractivity contribution < 1.29 is 14.3 Å². The van der Waals surface area contributed by atoms with Gasteiger partial charge in [0.05, 0.1) is 19.2 Å². The molecule has 2 aromatic carbocycles. The summed E-state index contributed by atoms with van der Waals surface area (Å²) in [5.41, 5.74) is 2.27. The van der Waals surface area contributed by atoms with Gasteiger partial charge in [-0.3, -0.25) is 4.79 Å². The van der Waals surface area contributed by atoms with Crippen molar-refractivity contribution in [2.45, 2.75) is 45.3 Å². The van der Waals surface area contributed by atoms with Crippen LogP contribution in [-0.2, 0) is 4.79 Å². The van der Waals surface area contributed by atoms with Crippen LogP contribution in [0.2, 0.25) is 0 Å². The number of nitrogens with one attached hydrogen (secondary N) is 1. The summed E-state index contributed by atoms with van der Waals surface area (Å²) >= 11 is 0. The molecule has 1 N–H and O–H groups in total. The van der Waals surface area contributed by atoms with Gasteiger partial charge in [-0.05, 0) is 55.5 Å². The number of carbonyl (C=O) groups excluding carboxylic acids is 1. The van der Waals surface area contributed by atoms with Crippen molar-refractivity contribution in [2.75, 3.05) is 24.6 Å². The first-order valence-electron chi connectivity index (χ1n) is 10.6. The summed E-state index contributed by atoms with van der Waals surface area (Å²) in [6, 6.07) is 16.4. The Bertz CT molecular complexity index is 832. The fourth-order valence-electron chi connectivity index (χ4n) is 3.74. The minimum absolute atomic E-state index is 0.00191. The molecule has 2 unspecified atom stereocenters. The molecule has 0 bridgehead atoms. The third-order valence-electron chi connectivity index (χ3n) is 5.61. The lowest BCUT2D eigenvalue weighted by Crippen LogP contribution is -2.24. The van der Waals surface area contributed by atoms with Crippen LogP contribution in [0.3, 0.4) is 0 Å². The Hall–Kier alpha value is -2.69. The number of rotatable bonds is 8. The van der Waals surface area contributed by atoms with Crippen LogP contribution in [0, 0.1) is 5.92 Å². The molecule has 0 radical (unpaired) electrons. The molecular weight excluding hydrogens is 364 g/mol. The summed E-state index contributed by atoms with van der Waals surface area (Å²) in [6.07, 6.45) is 3.78. The van der Waals surface area contributed by atoms with E-state index in [4.69, 9.17) is 9.47 Å². The van der Waals surface area contributed by atoms with Gasteiger partial charge in [0, 0.05) is 31.6 Å². The van der Waals surface area contributed by atoms with Crippen molar-refractivity contribution in [3.05, 3.63) is 54.1 Å². The van der Waals surface area contributed by atoms with E-state index in [0.29, 0.717) is 0 Å². The Labute approximate surface area is 173 Å². The predicted molar refractivity (Wildman–Crippen MR) is 115 cm³/mol. The van der Waals surface area contributed by atoms with Gasteiger partial charge in [-0.15, -0.1) is 0 Å². The van der Waals surface area contributed by atoms with E-state index in [1.807, 2.05) is 37.3 Å². The Kier molecular flexibility index (Phi) is 5.93. The van der Waals surface area contributed by atoms with Gasteiger partial charge < -0.3 is 19.7 Å². The van der Waals surface area contributed by atoms with Crippen molar-refractivity contribution in [2.24, 2.45) is 5.92 Å². The number of nitrogens with zero attached hydrogens (tertiary/aromatic N) is 1. The van der Waals surface area contributed by atoms with Crippen molar-refractivity contribution in [3.8, 4) is 11.5 Å². The second-order valence-electron chi connectivity index (χ2n) is 8.22. The zero-order valence-corrected chi connectivity index (χ0v) is 17.3. The zero-order chi connectivity index (χ0) is 20.2. The first kappa shape index (κ1) is 19.6. The average molecular weight is 395 g/mol. The second kappa shape index (κ2) is 8.76. The molecule has 29 heavy (non-hydrogen) atoms. The van der Waals surface area contributed by atoms with Crippen LogP contribution in [0.15, 0.2) is 48.5 Å². The van der Waals surface area contributed by atoms with E-state index >= 15 is 0 Å². The second-order valence-corrected chi connectivity index (χ2v) is 8.22. The molecule has 4 rings (SSSR count). The Balaban J connectivity index is 1.30. The third kappa shape index (κ3) is 5.43. The fraction of sp³-hybridized carbons (Fsp3) is 0.458. The SMILES string of the molecule is CC(=O)NC(C)c1ccc(OC2CCN(c3cccc(OCC4CC4)c3)C2)cc1. The maximum absolute atomic E-state index is 11.2. The van der Waals surface area contributed by atoms with E-state index in [9.17, 15) is 4.79 Å². The molecule has 2 fully saturated rings. The molecule has 0 spiro atoms. The van der Waals surface area contributed by atoms with Crippen molar-refractivity contribution in [3.63, 3.8) is 0 Å². The molecule has 154 valence electrons. The molecule has 2 aromatic rings. The zero-order valence-electron chi connectivity index (χ0n) is 17.3. The lowest BCUT2D eigenvalue weighted by Gasteiger charge is -2.20. The van der Waals surface area contributed by atoms with E-state index in [1.165, 1.54) is 25.5 Å². The van der Waals surface area contributed by atoms with Gasteiger partial charge >= 0.3 is 0 Å². The highest BCUT2D eigenvalue weighted by Crippen LogP contribution is 2.31. The van der Waals surface area contributed by atoms with Gasteiger partial charge in [0.15, 0.2) is 0 Å². The largest absolute Gasteiger partial charge is 0.493 e. The van der Waals surface area contributed by atoms with Crippen LogP contribution >= 0.6 is 0 Å². The number of ether oxygens (including phenoxy) is 2. The molecule has 5 heteroatoms. The number of carbonyl (C=O) groups is 1. The molecule has 1 amide bonds. The highest BCUT2D eigenvalue weighted by Gasteiger charge is 2.25. The molecule has 1 saturated heterocycles. The van der Waals surface area contributed by atoms with Crippen molar-refractivity contribution in [1.29, 1.82) is 0 Å². The number of hydrogen-bond donors (Lipinski definition) is 1. The number of amides is 1. The molecule has 1 aliphatic heterocycles. The molecule has 5 nitrogen and oxygen atoms in total. The number of hydrogen-bond acceptors (Lipinski definition) is 4. The fourth-order valence-corrected chi connectivity index (χ4v) is 3.74. The maximum atomic E-state index is 11.2. The smallest absolute Gasteiger partial charge is 0.217 e. The van der Waals surface area contributed by atoms with Gasteiger partial charge in [-0.1, -0.05) is 18.2 Å². The van der Waals surface area contributed by atoms with Gasteiger partial charge in [-0.25, -0.2) is 0 Å². The van der Waals surface area contributed by atoms with E-state index in [2.05, 4.69) is 28.4 Å². The average Bonchev–Trinajstić information content (AvgIpc) is 3.43. The Morgan fingerprint density at radius 3 is 2.66 bits per heavy atom. The lowest BCUT2D eigenvalue weighted by molar-refractivity contribution is -0.119. The maximum Gasteiger partial charge on any atom is 0.217 e. The lowest BCUT2D eigenvalue weighted by atomic mass is 10.1. The Morgan fingerprint density at radius 2 is 1.93 bits per heavy atom. The summed E-state index contributed by atoms with van der Waals surface area (Å²) in [7, 11) is 0. The van der Waals surface area contributed by atoms with E-state index < -0.39 is 0 Å². The van der Waals surface area contributed by atoms with Gasteiger partial charge in [0.25, 0.3) is 0 Å². The molecule has 1 saturated carbocycles. The minimum Gasteiger partial charge on any atom is -0.493 e. The number of anilines is 1. The van der Waals surface area contributed by atoms with E-state index in [0.717, 1.165) is 49.1 Å². The molecule has 2 aliphatic rings. The summed E-state index contributed by atoms with van der Waals surface area (Å²) in [6.45, 7) is 6.21. The van der Waals surface area contributed by atoms with Crippen LogP contribution in [0.1, 0.15) is 44.7 Å². The minimum atomic E-state index is -0.0223. The van der Waals surface area contributed by atoms with Gasteiger partial charge in [0.2, 0.25) is 5.91 Å². The van der Waals surface area contributed by atoms with Crippen molar-refractivity contribution >= 4 is 11.6 Å². The summed E-state index contributed by atoms with van der Waals surface area (Å²) < 4.78 is 12.1. The normalized spacial score (nSPS) is 19.7. The van der Waals surface area contributed by atoms with E-state index in [-0.39, 0.29) is 18.1 Å². The molecular formula is C24H30N2O3. The van der Waals surface area contributed by atoms with Crippen LogP contribution < -0.4 is 19.7 Å². The molecule has 1 heterocycles. The quantitative estimate of drug-likeness (QED) is 0.724. The van der Waals surface area contributed by atoms with Crippen LogP contribution in [0.4, 0.5) is 5.69 Å². The highest BCUT2D eigenvalue weighted by molar-refractivity contribution is 5.73. The predicted octanol–water partition coefficient (Wildman–Crippen LogP) is 4.33. The molecule has 0 aromatic heterocycles. The summed E-state index contributed by atoms with van der Waals surface area (Å²) in [4.78, 5) is 13.6.